The van der Waals surface area contributed by atoms with Gasteiger partial charge in [-0.2, -0.15) is 13.2 Å². The van der Waals surface area contributed by atoms with E-state index in [0.29, 0.717) is 11.3 Å². The zero-order valence-electron chi connectivity index (χ0n) is 14.2. The van der Waals surface area contributed by atoms with Crippen LogP contribution in [0.25, 0.3) is 11.0 Å². The van der Waals surface area contributed by atoms with Crippen molar-refractivity contribution in [3.63, 3.8) is 0 Å². The van der Waals surface area contributed by atoms with E-state index in [-0.39, 0.29) is 29.1 Å². The molecule has 4 heterocycles. The minimum Gasteiger partial charge on any atom is -0.440 e. The molecule has 2 aliphatic heterocycles. The van der Waals surface area contributed by atoms with Crippen LogP contribution in [-0.2, 0) is 4.79 Å². The summed E-state index contributed by atoms with van der Waals surface area (Å²) in [6.07, 6.45) is -1.61. The molecule has 1 unspecified atom stereocenters. The number of carbonyl (C=O) groups excluding carboxylic acids is 2. The third kappa shape index (κ3) is 3.75. The van der Waals surface area contributed by atoms with Crippen molar-refractivity contribution in [1.29, 1.82) is 0 Å². The molecule has 0 spiro atoms. The van der Waals surface area contributed by atoms with Crippen molar-refractivity contribution in [1.82, 2.24) is 15.2 Å². The van der Waals surface area contributed by atoms with Crippen LogP contribution in [-0.4, -0.2) is 53.6 Å². The second-order valence-corrected chi connectivity index (χ2v) is 6.99. The summed E-state index contributed by atoms with van der Waals surface area (Å²) in [7, 11) is 0. The molecular weight excluding hydrogens is 365 g/mol. The summed E-state index contributed by atoms with van der Waals surface area (Å²) in [5, 5.41) is 4.97. The first-order chi connectivity index (χ1) is 12.8. The van der Waals surface area contributed by atoms with Crippen LogP contribution in [0.2, 0.25) is 0 Å². The number of nitrogens with zero attached hydrogens (tertiary/aromatic N) is 2. The highest BCUT2D eigenvalue weighted by molar-refractivity contribution is 5.98. The van der Waals surface area contributed by atoms with Crippen molar-refractivity contribution in [2.45, 2.75) is 25.1 Å². The highest BCUT2D eigenvalue weighted by atomic mass is 19.4. The van der Waals surface area contributed by atoms with Crippen molar-refractivity contribution in [3.05, 3.63) is 24.0 Å². The number of fused-ring (bicyclic) bond motifs is 3. The number of hydrogen-bond donors (Lipinski definition) is 2. The number of alkyl halides is 3. The Morgan fingerprint density at radius 3 is 2.81 bits per heavy atom. The Hall–Kier alpha value is -2.62. The summed E-state index contributed by atoms with van der Waals surface area (Å²) in [5.41, 5.74) is 0.276. The number of amides is 2. The predicted molar refractivity (Wildman–Crippen MR) is 89.1 cm³/mol. The van der Waals surface area contributed by atoms with Gasteiger partial charge in [0.1, 0.15) is 11.3 Å². The summed E-state index contributed by atoms with van der Waals surface area (Å²) in [6, 6.07) is 2.63. The van der Waals surface area contributed by atoms with E-state index in [0.717, 1.165) is 32.5 Å². The van der Waals surface area contributed by atoms with Crippen molar-refractivity contribution in [2.75, 3.05) is 25.0 Å². The Balaban J connectivity index is 1.46. The van der Waals surface area contributed by atoms with Crippen molar-refractivity contribution in [3.8, 4) is 0 Å². The quantitative estimate of drug-likeness (QED) is 0.850. The molecule has 0 aliphatic carbocycles. The molecule has 2 aromatic heterocycles. The summed E-state index contributed by atoms with van der Waals surface area (Å²) >= 11 is 0. The van der Waals surface area contributed by atoms with Crippen molar-refractivity contribution < 1.29 is 27.2 Å². The molecule has 144 valence electrons. The summed E-state index contributed by atoms with van der Waals surface area (Å²) in [5.74, 6) is -2.25. The third-order valence-corrected chi connectivity index (χ3v) is 4.93. The average Bonchev–Trinajstić information content (AvgIpc) is 3.15. The van der Waals surface area contributed by atoms with E-state index in [1.54, 1.807) is 5.32 Å². The van der Waals surface area contributed by atoms with Crippen LogP contribution in [0.15, 0.2) is 22.7 Å². The van der Waals surface area contributed by atoms with Gasteiger partial charge in [-0.1, -0.05) is 0 Å². The van der Waals surface area contributed by atoms with Crippen molar-refractivity contribution in [2.24, 2.45) is 5.92 Å². The molecular formula is C17H17F3N4O3. The second kappa shape index (κ2) is 6.52. The minimum absolute atomic E-state index is 0.0504. The summed E-state index contributed by atoms with van der Waals surface area (Å²) < 4.78 is 42.2. The number of anilines is 1. The number of hydrogen-bond acceptors (Lipinski definition) is 5. The minimum atomic E-state index is -5.02. The molecule has 2 fully saturated rings. The summed E-state index contributed by atoms with van der Waals surface area (Å²) in [6.45, 7) is 2.94. The van der Waals surface area contributed by atoms with Gasteiger partial charge in [-0.05, 0) is 25.3 Å². The lowest BCUT2D eigenvalue weighted by Crippen LogP contribution is -2.47. The molecule has 4 rings (SSSR count). The van der Waals surface area contributed by atoms with E-state index in [1.165, 1.54) is 18.3 Å². The predicted octanol–water partition coefficient (Wildman–Crippen LogP) is 2.15. The van der Waals surface area contributed by atoms with Crippen LogP contribution in [0.1, 0.15) is 23.3 Å². The molecule has 3 atom stereocenters. The number of halogens is 3. The fourth-order valence-electron chi connectivity index (χ4n) is 3.73. The molecule has 0 saturated carbocycles. The van der Waals surface area contributed by atoms with Crippen LogP contribution in [0.3, 0.4) is 0 Å². The standard InChI is InChI=1S/C17H17F3N4O3/c18-17(19,20)16(26)23-14-4-10-6-21-12(5-13(10)27-14)15(25)22-11-3-9-1-2-24(7-9)8-11/h4-6,9,11H,1-3,7-8H2,(H,22,25)(H,23,26)/t9-,11+/m0/s1. The van der Waals surface area contributed by atoms with Crippen molar-refractivity contribution >= 4 is 28.7 Å². The Morgan fingerprint density at radius 2 is 2.07 bits per heavy atom. The lowest BCUT2D eigenvalue weighted by molar-refractivity contribution is -0.167. The van der Waals surface area contributed by atoms with Gasteiger partial charge < -0.3 is 14.6 Å². The normalized spacial score (nSPS) is 24.8. The first kappa shape index (κ1) is 17.8. The molecule has 10 heteroatoms. The number of aromatic nitrogens is 1. The van der Waals surface area contributed by atoms with Gasteiger partial charge >= 0.3 is 12.1 Å². The van der Waals surface area contributed by atoms with Crippen LogP contribution < -0.4 is 10.6 Å². The Morgan fingerprint density at radius 1 is 1.26 bits per heavy atom. The highest BCUT2D eigenvalue weighted by Crippen LogP contribution is 2.28. The first-order valence-electron chi connectivity index (χ1n) is 8.59. The number of pyridine rings is 1. The molecule has 7 nitrogen and oxygen atoms in total. The van der Waals surface area contributed by atoms with Gasteiger partial charge in [-0.25, -0.2) is 0 Å². The van der Waals surface area contributed by atoms with Crippen LogP contribution in [0, 0.1) is 5.92 Å². The monoisotopic (exact) mass is 382 g/mol. The molecule has 27 heavy (non-hydrogen) atoms. The maximum atomic E-state index is 12.5. The molecule has 0 radical (unpaired) electrons. The van der Waals surface area contributed by atoms with Crippen LogP contribution >= 0.6 is 0 Å². The maximum absolute atomic E-state index is 12.5. The van der Waals surface area contributed by atoms with Gasteiger partial charge in [0.25, 0.3) is 5.91 Å². The Kier molecular flexibility index (Phi) is 4.29. The molecule has 2 N–H and O–H groups in total. The van der Waals surface area contributed by atoms with E-state index >= 15 is 0 Å². The average molecular weight is 382 g/mol. The fourth-order valence-corrected chi connectivity index (χ4v) is 3.73. The van der Waals surface area contributed by atoms with Crippen LogP contribution in [0.4, 0.5) is 19.1 Å². The first-order valence-corrected chi connectivity index (χ1v) is 8.59. The lowest BCUT2D eigenvalue weighted by atomic mass is 9.97. The number of nitrogens with one attached hydrogen (secondary N) is 2. The van der Waals surface area contributed by atoms with E-state index in [4.69, 9.17) is 4.42 Å². The summed E-state index contributed by atoms with van der Waals surface area (Å²) in [4.78, 5) is 29.8. The molecule has 2 bridgehead atoms. The number of rotatable bonds is 3. The van der Waals surface area contributed by atoms with Gasteiger partial charge in [0.15, 0.2) is 0 Å². The Bertz CT molecular complexity index is 883. The second-order valence-electron chi connectivity index (χ2n) is 6.99. The zero-order chi connectivity index (χ0) is 19.2. The largest absolute Gasteiger partial charge is 0.471 e. The zero-order valence-corrected chi connectivity index (χ0v) is 14.2. The van der Waals surface area contributed by atoms with Crippen LogP contribution in [0.5, 0.6) is 0 Å². The molecule has 2 aromatic rings. The number of carbonyl (C=O) groups is 2. The molecule has 0 aromatic carbocycles. The smallest absolute Gasteiger partial charge is 0.440 e. The maximum Gasteiger partial charge on any atom is 0.471 e. The number of piperidine rings is 1. The molecule has 2 aliphatic rings. The molecule has 2 amide bonds. The van der Waals surface area contributed by atoms with E-state index in [2.05, 4.69) is 15.2 Å². The van der Waals surface area contributed by atoms with Gasteiger partial charge in [-0.15, -0.1) is 0 Å². The topological polar surface area (TPSA) is 87.5 Å². The van der Waals surface area contributed by atoms with Gasteiger partial charge in [0.2, 0.25) is 5.88 Å². The molecule has 2 saturated heterocycles. The van der Waals surface area contributed by atoms with E-state index in [1.807, 2.05) is 0 Å². The van der Waals surface area contributed by atoms with Gasteiger partial charge in [0, 0.05) is 42.8 Å². The highest BCUT2D eigenvalue weighted by Gasteiger charge is 2.39. The van der Waals surface area contributed by atoms with Gasteiger partial charge in [-0.3, -0.25) is 19.9 Å². The van der Waals surface area contributed by atoms with E-state index in [9.17, 15) is 22.8 Å². The lowest BCUT2D eigenvalue weighted by Gasteiger charge is -2.30. The van der Waals surface area contributed by atoms with Gasteiger partial charge in [0.05, 0.1) is 0 Å². The fraction of sp³-hybridized carbons (Fsp3) is 0.471. The van der Waals surface area contributed by atoms with E-state index < -0.39 is 12.1 Å². The number of furan rings is 1. The SMILES string of the molecule is O=C(N[C@@H]1C[C@@H]2CCN(C2)C1)c1cc2oc(NC(=O)C(F)(F)F)cc2cn1. The third-order valence-electron chi connectivity index (χ3n) is 4.93. The Labute approximate surface area is 151 Å².